The van der Waals surface area contributed by atoms with Crippen LogP contribution in [0.25, 0.3) is 10.8 Å². The molecular formula is C54H72O15S. The summed E-state index contributed by atoms with van der Waals surface area (Å²) in [6.45, 7) is 7.86. The molecule has 0 saturated heterocycles. The Labute approximate surface area is 412 Å². The minimum absolute atomic E-state index is 0.0447. The Morgan fingerprint density at radius 3 is 1.51 bits per heavy atom. The van der Waals surface area contributed by atoms with E-state index in [0.29, 0.717) is 80.8 Å². The van der Waals surface area contributed by atoms with Gasteiger partial charge in [-0.2, -0.15) is 8.42 Å². The summed E-state index contributed by atoms with van der Waals surface area (Å²) in [6, 6.07) is 7.87. The van der Waals surface area contributed by atoms with Crippen molar-refractivity contribution in [2.24, 2.45) is 47.3 Å². The van der Waals surface area contributed by atoms with Gasteiger partial charge in [0.1, 0.15) is 11.5 Å². The molecule has 2 aromatic carbocycles. The van der Waals surface area contributed by atoms with Gasteiger partial charge in [0.25, 0.3) is 0 Å². The number of hydrogen-bond acceptors (Lipinski definition) is 15. The van der Waals surface area contributed by atoms with E-state index in [9.17, 15) is 37.2 Å². The molecule has 4 saturated carbocycles. The molecule has 16 heteroatoms. The fraction of sp³-hybridized carbons (Fsp3) is 0.630. The smallest absolute Gasteiger partial charge is 0.330 e. The lowest BCUT2D eigenvalue weighted by Crippen LogP contribution is -2.31. The molecular weight excluding hydrogens is 921 g/mol. The first-order valence-electron chi connectivity index (χ1n) is 25.5. The number of fused-ring (bicyclic) bond motifs is 1. The van der Waals surface area contributed by atoms with Crippen molar-refractivity contribution >= 4 is 56.7 Å². The molecule has 0 amide bonds. The zero-order valence-corrected chi connectivity index (χ0v) is 41.6. The lowest BCUT2D eigenvalue weighted by molar-refractivity contribution is -0.151. The van der Waals surface area contributed by atoms with E-state index in [1.165, 1.54) is 12.1 Å². The summed E-state index contributed by atoms with van der Waals surface area (Å²) in [5.74, 6) is -0.428. The van der Waals surface area contributed by atoms with E-state index < -0.39 is 28.0 Å². The maximum Gasteiger partial charge on any atom is 0.330 e. The minimum Gasteiger partial charge on any atom is -0.465 e. The Hall–Kier alpha value is -5.25. The average Bonchev–Trinajstić information content (AvgIpc) is 3.36. The van der Waals surface area contributed by atoms with Crippen LogP contribution in [0.15, 0.2) is 55.6 Å². The fourth-order valence-corrected chi connectivity index (χ4v) is 11.7. The summed E-state index contributed by atoms with van der Waals surface area (Å²) < 4.78 is 63.2. The van der Waals surface area contributed by atoms with Crippen molar-refractivity contribution in [3.63, 3.8) is 0 Å². The van der Waals surface area contributed by atoms with E-state index in [2.05, 4.69) is 13.2 Å². The Morgan fingerprint density at radius 2 is 1.01 bits per heavy atom. The molecule has 4 aliphatic rings. The van der Waals surface area contributed by atoms with Gasteiger partial charge in [-0.15, -0.1) is 0 Å². The van der Waals surface area contributed by atoms with Gasteiger partial charge in [-0.3, -0.25) is 19.2 Å². The molecule has 2 unspecified atom stereocenters. The Balaban J connectivity index is 0.966. The Bertz CT molecular complexity index is 2250. The number of benzene rings is 2. The van der Waals surface area contributed by atoms with Gasteiger partial charge >= 0.3 is 45.9 Å². The summed E-state index contributed by atoms with van der Waals surface area (Å²) in [5.41, 5.74) is 0. The number of ether oxygens (including phenoxy) is 6. The highest BCUT2D eigenvalue weighted by molar-refractivity contribution is 7.86. The van der Waals surface area contributed by atoms with Crippen LogP contribution in [0.5, 0.6) is 17.2 Å². The maximum atomic E-state index is 13.7. The number of hydrogen-bond donors (Lipinski definition) is 0. The molecule has 0 aliphatic heterocycles. The van der Waals surface area contributed by atoms with E-state index in [0.717, 1.165) is 108 Å². The summed E-state index contributed by atoms with van der Waals surface area (Å²) >= 11 is 0. The van der Waals surface area contributed by atoms with Crippen LogP contribution in [-0.2, 0) is 57.8 Å². The van der Waals surface area contributed by atoms with Crippen molar-refractivity contribution in [2.45, 2.75) is 135 Å². The van der Waals surface area contributed by atoms with Gasteiger partial charge in [0.05, 0.1) is 55.8 Å². The standard InChI is InChI=1S/C54H72O15S/c1-4-48(55)63-30-6-8-32-65-52(58)40-22-16-37(17-23-40)38-18-26-42(27-19-38)54(60)68-45-28-29-46(51-44(45)14-11-15-47(51)69-70(3,61)62)67-50(57)35-36-12-10-13-43(34-36)39-20-24-41(25-21-39)53(59)66-33-9-7-31-64-49(56)5-2/h4-5,11,14-15,28-29,36-43H,1-2,6-10,12-13,16-27,30-35H2,3H3. The van der Waals surface area contributed by atoms with Crippen LogP contribution < -0.4 is 13.7 Å². The fourth-order valence-electron chi connectivity index (χ4n) is 11.2. The zero-order valence-electron chi connectivity index (χ0n) is 40.8. The van der Waals surface area contributed by atoms with E-state index in [-0.39, 0.29) is 83.8 Å². The molecule has 15 nitrogen and oxygen atoms in total. The molecule has 0 radical (unpaired) electrons. The molecule has 2 atom stereocenters. The van der Waals surface area contributed by atoms with Crippen LogP contribution in [0.3, 0.4) is 0 Å². The van der Waals surface area contributed by atoms with Crippen molar-refractivity contribution in [3.8, 4) is 17.2 Å². The van der Waals surface area contributed by atoms with Gasteiger partial charge in [0, 0.05) is 24.0 Å². The summed E-state index contributed by atoms with van der Waals surface area (Å²) in [7, 11) is -3.99. The Morgan fingerprint density at radius 1 is 0.543 bits per heavy atom. The molecule has 4 aliphatic carbocycles. The molecule has 70 heavy (non-hydrogen) atoms. The third-order valence-corrected chi connectivity index (χ3v) is 15.4. The van der Waals surface area contributed by atoms with Gasteiger partial charge < -0.3 is 32.6 Å². The average molecular weight is 993 g/mol. The van der Waals surface area contributed by atoms with Gasteiger partial charge in [0.15, 0.2) is 5.75 Å². The zero-order chi connectivity index (χ0) is 50.0. The van der Waals surface area contributed by atoms with Crippen LogP contribution in [0, 0.1) is 47.3 Å². The molecule has 384 valence electrons. The first-order chi connectivity index (χ1) is 33.7. The predicted octanol–water partition coefficient (Wildman–Crippen LogP) is 9.71. The largest absolute Gasteiger partial charge is 0.465 e. The second-order valence-corrected chi connectivity index (χ2v) is 21.3. The van der Waals surface area contributed by atoms with Crippen LogP contribution in [0.2, 0.25) is 0 Å². The van der Waals surface area contributed by atoms with Crippen molar-refractivity contribution in [1.82, 2.24) is 0 Å². The normalized spacial score (nSPS) is 24.8. The topological polar surface area (TPSA) is 201 Å². The van der Waals surface area contributed by atoms with Gasteiger partial charge in [-0.25, -0.2) is 9.59 Å². The maximum absolute atomic E-state index is 13.7. The van der Waals surface area contributed by atoms with Crippen LogP contribution in [-0.4, -0.2) is 76.9 Å². The number of carbonyl (C=O) groups excluding carboxylic acids is 6. The summed E-state index contributed by atoms with van der Waals surface area (Å²) in [5, 5.41) is 0.591. The van der Waals surface area contributed by atoms with E-state index in [1.54, 1.807) is 18.2 Å². The number of rotatable bonds is 23. The van der Waals surface area contributed by atoms with Gasteiger partial charge in [0.2, 0.25) is 0 Å². The Kier molecular flexibility index (Phi) is 20.7. The summed E-state index contributed by atoms with van der Waals surface area (Å²) in [6.07, 6.45) is 19.5. The molecule has 4 fully saturated rings. The third-order valence-electron chi connectivity index (χ3n) is 14.9. The first kappa shape index (κ1) is 54.1. The molecule has 0 bridgehead atoms. The highest BCUT2D eigenvalue weighted by Crippen LogP contribution is 2.45. The molecule has 0 spiro atoms. The molecule has 0 heterocycles. The van der Waals surface area contributed by atoms with E-state index in [4.69, 9.17) is 32.6 Å². The van der Waals surface area contributed by atoms with Crippen molar-refractivity contribution in [3.05, 3.63) is 55.6 Å². The SMILES string of the molecule is C=CC(=O)OCCCCOC(=O)C1CCC(C2CCC(C(=O)Oc3ccc(OC(=O)CC4CCCC(C5CCC(C(=O)OCCCCOC(=O)C=C)CC5)C4)c4c(OS(C)(=O)=O)cccc34)CC2)CC1. The highest BCUT2D eigenvalue weighted by Gasteiger charge is 2.37. The predicted molar refractivity (Wildman–Crippen MR) is 260 cm³/mol. The second kappa shape index (κ2) is 26.8. The lowest BCUT2D eigenvalue weighted by Gasteiger charge is -2.37. The minimum atomic E-state index is -3.99. The van der Waals surface area contributed by atoms with Gasteiger partial charge in [-0.05, 0) is 163 Å². The third kappa shape index (κ3) is 16.4. The highest BCUT2D eigenvalue weighted by atomic mass is 32.2. The van der Waals surface area contributed by atoms with Gasteiger partial charge in [-0.1, -0.05) is 38.1 Å². The lowest BCUT2D eigenvalue weighted by atomic mass is 9.68. The summed E-state index contributed by atoms with van der Waals surface area (Å²) in [4.78, 5) is 75.2. The number of unbranched alkanes of at least 4 members (excludes halogenated alkanes) is 2. The number of esters is 6. The van der Waals surface area contributed by atoms with E-state index in [1.807, 2.05) is 0 Å². The molecule has 0 aromatic heterocycles. The monoisotopic (exact) mass is 992 g/mol. The van der Waals surface area contributed by atoms with Crippen LogP contribution in [0.1, 0.15) is 135 Å². The first-order valence-corrected chi connectivity index (χ1v) is 27.3. The number of carbonyl (C=O) groups is 6. The van der Waals surface area contributed by atoms with Crippen molar-refractivity contribution in [2.75, 3.05) is 32.7 Å². The van der Waals surface area contributed by atoms with Crippen LogP contribution in [0.4, 0.5) is 0 Å². The van der Waals surface area contributed by atoms with Crippen molar-refractivity contribution < 1.29 is 69.8 Å². The molecule has 2 aromatic rings. The second-order valence-electron chi connectivity index (χ2n) is 19.7. The molecule has 6 rings (SSSR count). The van der Waals surface area contributed by atoms with Crippen LogP contribution >= 0.6 is 0 Å². The quantitative estimate of drug-likeness (QED) is 0.0254. The molecule has 0 N–H and O–H groups in total. The van der Waals surface area contributed by atoms with Crippen molar-refractivity contribution in [1.29, 1.82) is 0 Å². The van der Waals surface area contributed by atoms with E-state index >= 15 is 0 Å².